The van der Waals surface area contributed by atoms with Gasteiger partial charge in [-0.3, -0.25) is 9.69 Å². The van der Waals surface area contributed by atoms with Crippen LogP contribution in [-0.4, -0.2) is 75.2 Å². The van der Waals surface area contributed by atoms with Gasteiger partial charge in [0.05, 0.1) is 6.61 Å². The molecule has 2 fully saturated rings. The van der Waals surface area contributed by atoms with Crippen molar-refractivity contribution in [1.82, 2.24) is 15.1 Å². The van der Waals surface area contributed by atoms with Crippen LogP contribution in [0.25, 0.3) is 0 Å². The number of methoxy groups -OCH3 is 1. The third-order valence-corrected chi connectivity index (χ3v) is 4.27. The van der Waals surface area contributed by atoms with E-state index in [0.717, 1.165) is 65.3 Å². The summed E-state index contributed by atoms with van der Waals surface area (Å²) < 4.78 is 5.09. The molecule has 0 radical (unpaired) electrons. The van der Waals surface area contributed by atoms with Gasteiger partial charge in [0.15, 0.2) is 0 Å². The zero-order valence-corrected chi connectivity index (χ0v) is 14.5. The predicted molar refractivity (Wildman–Crippen MR) is 89.6 cm³/mol. The SMILES string of the molecule is COCCN1CCN(C(=O)CCC2CCNC2)CC1.Cl.Cl. The van der Waals surface area contributed by atoms with Gasteiger partial charge in [-0.15, -0.1) is 24.8 Å². The van der Waals surface area contributed by atoms with Crippen LogP contribution in [-0.2, 0) is 9.53 Å². The zero-order valence-electron chi connectivity index (χ0n) is 12.9. The van der Waals surface area contributed by atoms with E-state index in [1.54, 1.807) is 7.11 Å². The quantitative estimate of drug-likeness (QED) is 0.783. The number of hydrogen-bond donors (Lipinski definition) is 1. The van der Waals surface area contributed by atoms with E-state index in [9.17, 15) is 4.79 Å². The molecule has 126 valence electrons. The van der Waals surface area contributed by atoms with Gasteiger partial charge in [-0.1, -0.05) is 0 Å². The summed E-state index contributed by atoms with van der Waals surface area (Å²) in [4.78, 5) is 16.5. The van der Waals surface area contributed by atoms with E-state index < -0.39 is 0 Å². The van der Waals surface area contributed by atoms with Gasteiger partial charge in [-0.25, -0.2) is 0 Å². The molecule has 0 aromatic heterocycles. The first kappa shape index (κ1) is 20.9. The fraction of sp³-hybridized carbons (Fsp3) is 0.929. The molecular formula is C14H29Cl2N3O2. The smallest absolute Gasteiger partial charge is 0.222 e. The maximum atomic E-state index is 12.1. The van der Waals surface area contributed by atoms with Crippen molar-refractivity contribution in [3.05, 3.63) is 0 Å². The minimum atomic E-state index is 0. The molecule has 2 aliphatic rings. The predicted octanol–water partition coefficient (Wildman–Crippen LogP) is 1.01. The van der Waals surface area contributed by atoms with E-state index in [4.69, 9.17) is 4.74 Å². The zero-order chi connectivity index (χ0) is 13.5. The second-order valence-electron chi connectivity index (χ2n) is 5.61. The number of hydrogen-bond acceptors (Lipinski definition) is 4. The maximum Gasteiger partial charge on any atom is 0.222 e. The highest BCUT2D eigenvalue weighted by molar-refractivity contribution is 5.85. The average Bonchev–Trinajstić information content (AvgIpc) is 2.96. The molecule has 0 bridgehead atoms. The number of carbonyl (C=O) groups excluding carboxylic acids is 1. The Morgan fingerprint density at radius 3 is 2.52 bits per heavy atom. The van der Waals surface area contributed by atoms with Gasteiger partial charge in [0.25, 0.3) is 0 Å². The van der Waals surface area contributed by atoms with Crippen molar-refractivity contribution in [3.63, 3.8) is 0 Å². The van der Waals surface area contributed by atoms with E-state index in [2.05, 4.69) is 10.2 Å². The highest BCUT2D eigenvalue weighted by atomic mass is 35.5. The summed E-state index contributed by atoms with van der Waals surface area (Å²) in [5.74, 6) is 1.06. The molecule has 21 heavy (non-hydrogen) atoms. The Hall–Kier alpha value is -0.0700. The number of carbonyl (C=O) groups is 1. The average molecular weight is 342 g/mol. The molecule has 1 unspecified atom stereocenters. The van der Waals surface area contributed by atoms with Crippen LogP contribution in [0.4, 0.5) is 0 Å². The molecule has 2 heterocycles. The molecule has 0 saturated carbocycles. The molecule has 5 nitrogen and oxygen atoms in total. The van der Waals surface area contributed by atoms with Gasteiger partial charge in [0.2, 0.25) is 5.91 Å². The second-order valence-corrected chi connectivity index (χ2v) is 5.61. The normalized spacial score (nSPS) is 22.5. The van der Waals surface area contributed by atoms with Crippen LogP contribution in [0, 0.1) is 5.92 Å². The van der Waals surface area contributed by atoms with E-state index in [-0.39, 0.29) is 24.8 Å². The maximum absolute atomic E-state index is 12.1. The summed E-state index contributed by atoms with van der Waals surface area (Å²) in [5, 5.41) is 3.36. The summed E-state index contributed by atoms with van der Waals surface area (Å²) in [6.07, 6.45) is 3.01. The Morgan fingerprint density at radius 2 is 1.95 bits per heavy atom. The van der Waals surface area contributed by atoms with Crippen molar-refractivity contribution in [1.29, 1.82) is 0 Å². The highest BCUT2D eigenvalue weighted by Gasteiger charge is 2.22. The molecule has 1 N–H and O–H groups in total. The van der Waals surface area contributed by atoms with Gasteiger partial charge >= 0.3 is 0 Å². The van der Waals surface area contributed by atoms with Crippen LogP contribution in [0.1, 0.15) is 19.3 Å². The Kier molecular flexibility index (Phi) is 11.5. The number of amides is 1. The van der Waals surface area contributed by atoms with Crippen molar-refractivity contribution < 1.29 is 9.53 Å². The van der Waals surface area contributed by atoms with E-state index >= 15 is 0 Å². The van der Waals surface area contributed by atoms with Crippen LogP contribution < -0.4 is 5.32 Å². The van der Waals surface area contributed by atoms with Crippen molar-refractivity contribution in [3.8, 4) is 0 Å². The number of ether oxygens (including phenoxy) is 1. The molecule has 2 rings (SSSR count). The Morgan fingerprint density at radius 1 is 1.24 bits per heavy atom. The first-order valence-corrected chi connectivity index (χ1v) is 7.49. The standard InChI is InChI=1S/C14H27N3O2.2ClH/c1-19-11-10-16-6-8-17(9-7-16)14(18)3-2-13-4-5-15-12-13;;/h13,15H,2-12H2,1H3;2*1H. The number of piperazine rings is 1. The number of rotatable bonds is 6. The molecule has 0 aromatic carbocycles. The van der Waals surface area contributed by atoms with Gasteiger partial charge in [-0.2, -0.15) is 0 Å². The fourth-order valence-electron chi connectivity index (χ4n) is 2.89. The van der Waals surface area contributed by atoms with Gasteiger partial charge < -0.3 is 15.0 Å². The highest BCUT2D eigenvalue weighted by Crippen LogP contribution is 2.15. The lowest BCUT2D eigenvalue weighted by Gasteiger charge is -2.34. The molecule has 1 amide bonds. The third kappa shape index (κ3) is 7.15. The lowest BCUT2D eigenvalue weighted by Crippen LogP contribution is -2.49. The summed E-state index contributed by atoms with van der Waals surface area (Å²) in [6, 6.07) is 0. The van der Waals surface area contributed by atoms with Crippen molar-refractivity contribution in [2.24, 2.45) is 5.92 Å². The third-order valence-electron chi connectivity index (χ3n) is 4.27. The Labute approximate surface area is 140 Å². The molecule has 7 heteroatoms. The first-order valence-electron chi connectivity index (χ1n) is 7.49. The van der Waals surface area contributed by atoms with E-state index in [1.807, 2.05) is 4.90 Å². The van der Waals surface area contributed by atoms with Crippen molar-refractivity contribution in [2.45, 2.75) is 19.3 Å². The lowest BCUT2D eigenvalue weighted by molar-refractivity contribution is -0.133. The van der Waals surface area contributed by atoms with Crippen LogP contribution in [0.15, 0.2) is 0 Å². The van der Waals surface area contributed by atoms with Gasteiger partial charge in [0.1, 0.15) is 0 Å². The van der Waals surface area contributed by atoms with Crippen LogP contribution in [0.2, 0.25) is 0 Å². The van der Waals surface area contributed by atoms with Gasteiger partial charge in [0, 0.05) is 46.3 Å². The molecule has 1 atom stereocenters. The number of nitrogens with one attached hydrogen (secondary N) is 1. The minimum absolute atomic E-state index is 0. The Balaban J connectivity index is 0.00000200. The minimum Gasteiger partial charge on any atom is -0.383 e. The summed E-state index contributed by atoms with van der Waals surface area (Å²) in [5.41, 5.74) is 0. The molecule has 0 spiro atoms. The van der Waals surface area contributed by atoms with E-state index in [0.29, 0.717) is 11.8 Å². The summed E-state index contributed by atoms with van der Waals surface area (Å²) >= 11 is 0. The van der Waals surface area contributed by atoms with Crippen LogP contribution in [0.5, 0.6) is 0 Å². The lowest BCUT2D eigenvalue weighted by atomic mass is 10.0. The number of halogens is 2. The monoisotopic (exact) mass is 341 g/mol. The van der Waals surface area contributed by atoms with Crippen molar-refractivity contribution >= 4 is 30.7 Å². The van der Waals surface area contributed by atoms with Crippen molar-refractivity contribution in [2.75, 3.05) is 59.5 Å². The molecule has 0 aliphatic carbocycles. The fourth-order valence-corrected chi connectivity index (χ4v) is 2.89. The Bertz CT molecular complexity index is 281. The molecule has 2 aliphatic heterocycles. The second kappa shape index (κ2) is 11.5. The molecular weight excluding hydrogens is 313 g/mol. The largest absolute Gasteiger partial charge is 0.383 e. The first-order chi connectivity index (χ1) is 9.29. The van der Waals surface area contributed by atoms with Crippen LogP contribution >= 0.6 is 24.8 Å². The van der Waals surface area contributed by atoms with Crippen LogP contribution in [0.3, 0.4) is 0 Å². The summed E-state index contributed by atoms with van der Waals surface area (Å²) in [7, 11) is 1.73. The van der Waals surface area contributed by atoms with E-state index in [1.165, 1.54) is 6.42 Å². The number of nitrogens with zero attached hydrogens (tertiary/aromatic N) is 2. The molecule has 2 saturated heterocycles. The molecule has 0 aromatic rings. The van der Waals surface area contributed by atoms with Gasteiger partial charge in [-0.05, 0) is 31.8 Å². The topological polar surface area (TPSA) is 44.8 Å². The summed E-state index contributed by atoms with van der Waals surface area (Å²) in [6.45, 7) is 7.71.